The Morgan fingerprint density at radius 2 is 1.54 bits per heavy atom. The predicted molar refractivity (Wildman–Crippen MR) is 64.9 cm³/mol. The van der Waals surface area contributed by atoms with Gasteiger partial charge in [0.15, 0.2) is 0 Å². The second-order valence-corrected chi connectivity index (χ2v) is 9.68. The first kappa shape index (κ1) is 13.9. The molecule has 0 unspecified atom stereocenters. The van der Waals surface area contributed by atoms with E-state index in [1.165, 1.54) is 0 Å². The lowest BCUT2D eigenvalue weighted by Gasteiger charge is -2.24. The van der Waals surface area contributed by atoms with E-state index in [4.69, 9.17) is 20.9 Å². The van der Waals surface area contributed by atoms with Crippen LogP contribution in [0.15, 0.2) is 0 Å². The maximum atomic E-state index is 5.66. The molecule has 0 rings (SSSR count). The zero-order valence-corrected chi connectivity index (χ0v) is 11.5. The van der Waals surface area contributed by atoms with Crippen LogP contribution in [0.3, 0.4) is 0 Å². The molecule has 5 heteroatoms. The second kappa shape index (κ2) is 6.41. The molecule has 0 fully saturated rings. The van der Waals surface area contributed by atoms with Crippen molar-refractivity contribution in [2.24, 2.45) is 0 Å². The molecule has 0 amide bonds. The van der Waals surface area contributed by atoms with Crippen LogP contribution in [-0.4, -0.2) is 18.0 Å². The summed E-state index contributed by atoms with van der Waals surface area (Å²) in [6.45, 7) is 10.0. The molecule has 0 aromatic carbocycles. The molecule has 0 atom stereocenters. The standard InChI is InChI=1S/C8H19O2PS2/c1-6-13-11(12,9-7(2)3)10-8(4)5/h7-8H,6H2,1-5H3. The van der Waals surface area contributed by atoms with Crippen molar-refractivity contribution in [2.75, 3.05) is 5.75 Å². The Bertz CT molecular complexity index is 169. The Morgan fingerprint density at radius 1 is 1.15 bits per heavy atom. The van der Waals surface area contributed by atoms with Crippen LogP contribution in [0.2, 0.25) is 0 Å². The molecule has 0 aromatic rings. The highest BCUT2D eigenvalue weighted by Crippen LogP contribution is 2.62. The summed E-state index contributed by atoms with van der Waals surface area (Å²) in [4.78, 5) is 0. The van der Waals surface area contributed by atoms with Gasteiger partial charge in [0, 0.05) is 0 Å². The minimum atomic E-state index is -2.08. The van der Waals surface area contributed by atoms with Gasteiger partial charge in [0.05, 0.1) is 12.2 Å². The minimum Gasteiger partial charge on any atom is -0.319 e. The van der Waals surface area contributed by atoms with E-state index in [1.807, 2.05) is 27.7 Å². The summed E-state index contributed by atoms with van der Waals surface area (Å²) in [5.41, 5.74) is -2.08. The fourth-order valence-electron chi connectivity index (χ4n) is 0.760. The fraction of sp³-hybridized carbons (Fsp3) is 1.00. The summed E-state index contributed by atoms with van der Waals surface area (Å²) in [5, 5.41) is 0. The van der Waals surface area contributed by atoms with Crippen molar-refractivity contribution in [3.8, 4) is 0 Å². The van der Waals surface area contributed by atoms with Gasteiger partial charge in [-0.05, 0) is 45.3 Å². The fourth-order valence-corrected chi connectivity index (χ4v) is 6.61. The summed E-state index contributed by atoms with van der Waals surface area (Å²) in [6.07, 6.45) is 0.285. The van der Waals surface area contributed by atoms with Gasteiger partial charge in [0.25, 0.3) is 0 Å². The van der Waals surface area contributed by atoms with Crippen LogP contribution in [0.5, 0.6) is 0 Å². The Hall–Kier alpha value is 0.920. The topological polar surface area (TPSA) is 18.5 Å². The molecule has 0 heterocycles. The monoisotopic (exact) mass is 242 g/mol. The van der Waals surface area contributed by atoms with Crippen molar-refractivity contribution < 1.29 is 9.05 Å². The quantitative estimate of drug-likeness (QED) is 0.659. The van der Waals surface area contributed by atoms with Crippen LogP contribution in [0, 0.1) is 0 Å². The normalized spacial score (nSPS) is 12.8. The number of rotatable bonds is 6. The maximum absolute atomic E-state index is 5.66. The van der Waals surface area contributed by atoms with Gasteiger partial charge in [-0.1, -0.05) is 18.3 Å². The van der Waals surface area contributed by atoms with Gasteiger partial charge >= 0.3 is 0 Å². The summed E-state index contributed by atoms with van der Waals surface area (Å²) in [5.74, 6) is 0.941. The first-order chi connectivity index (χ1) is 5.89. The lowest BCUT2D eigenvalue weighted by atomic mass is 10.5. The summed E-state index contributed by atoms with van der Waals surface area (Å²) in [7, 11) is 0. The molecule has 0 spiro atoms. The molecular weight excluding hydrogens is 223 g/mol. The minimum absolute atomic E-state index is 0.142. The summed E-state index contributed by atoms with van der Waals surface area (Å²) < 4.78 is 11.3. The van der Waals surface area contributed by atoms with E-state index in [0.29, 0.717) is 0 Å². The van der Waals surface area contributed by atoms with E-state index in [2.05, 4.69) is 6.92 Å². The molecule has 13 heavy (non-hydrogen) atoms. The van der Waals surface area contributed by atoms with Gasteiger partial charge in [0.2, 0.25) is 5.69 Å². The third kappa shape index (κ3) is 6.92. The maximum Gasteiger partial charge on any atom is 0.247 e. The third-order valence-corrected chi connectivity index (χ3v) is 6.61. The molecular formula is C8H19O2PS2. The summed E-state index contributed by atoms with van der Waals surface area (Å²) in [6, 6.07) is 0. The average molecular weight is 242 g/mol. The molecule has 0 aliphatic rings. The van der Waals surface area contributed by atoms with Crippen LogP contribution in [-0.2, 0) is 20.9 Å². The van der Waals surface area contributed by atoms with E-state index in [9.17, 15) is 0 Å². The van der Waals surface area contributed by atoms with E-state index in [0.717, 1.165) is 5.75 Å². The molecule has 0 aliphatic heterocycles. The van der Waals surface area contributed by atoms with Gasteiger partial charge in [-0.3, -0.25) is 0 Å². The molecule has 0 bridgehead atoms. The second-order valence-electron chi connectivity index (χ2n) is 3.17. The lowest BCUT2D eigenvalue weighted by molar-refractivity contribution is 0.186. The zero-order valence-electron chi connectivity index (χ0n) is 8.94. The number of hydrogen-bond acceptors (Lipinski definition) is 4. The first-order valence-electron chi connectivity index (χ1n) is 4.51. The smallest absolute Gasteiger partial charge is 0.247 e. The highest BCUT2D eigenvalue weighted by Gasteiger charge is 2.22. The van der Waals surface area contributed by atoms with Crippen molar-refractivity contribution in [1.29, 1.82) is 0 Å². The van der Waals surface area contributed by atoms with Gasteiger partial charge in [0.1, 0.15) is 0 Å². The van der Waals surface area contributed by atoms with Gasteiger partial charge in [-0.15, -0.1) is 0 Å². The van der Waals surface area contributed by atoms with Crippen molar-refractivity contribution in [1.82, 2.24) is 0 Å². The van der Waals surface area contributed by atoms with Gasteiger partial charge < -0.3 is 9.05 Å². The van der Waals surface area contributed by atoms with Crippen LogP contribution in [0.1, 0.15) is 34.6 Å². The molecule has 0 saturated carbocycles. The van der Waals surface area contributed by atoms with Gasteiger partial charge in [-0.25, -0.2) is 0 Å². The molecule has 0 aliphatic carbocycles. The number of hydrogen-bond donors (Lipinski definition) is 0. The molecule has 80 valence electrons. The Kier molecular flexibility index (Phi) is 6.87. The molecule has 2 nitrogen and oxygen atoms in total. The first-order valence-corrected chi connectivity index (χ1v) is 8.74. The Morgan fingerprint density at radius 3 is 1.77 bits per heavy atom. The largest absolute Gasteiger partial charge is 0.319 e. The lowest BCUT2D eigenvalue weighted by Crippen LogP contribution is -2.05. The van der Waals surface area contributed by atoms with E-state index < -0.39 is 5.69 Å². The van der Waals surface area contributed by atoms with E-state index in [1.54, 1.807) is 11.4 Å². The average Bonchev–Trinajstić information content (AvgIpc) is 1.81. The highest BCUT2D eigenvalue weighted by atomic mass is 32.9. The summed E-state index contributed by atoms with van der Waals surface area (Å²) >= 11 is 7.00. The molecule has 0 saturated heterocycles. The SMILES string of the molecule is CCSP(=S)(OC(C)C)OC(C)C. The van der Waals surface area contributed by atoms with E-state index >= 15 is 0 Å². The molecule has 0 N–H and O–H groups in total. The molecule has 0 aromatic heterocycles. The molecule has 0 radical (unpaired) electrons. The zero-order chi connectivity index (χ0) is 10.5. The van der Waals surface area contributed by atoms with Crippen LogP contribution in [0.25, 0.3) is 0 Å². The van der Waals surface area contributed by atoms with Crippen molar-refractivity contribution in [3.05, 3.63) is 0 Å². The highest BCUT2D eigenvalue weighted by molar-refractivity contribution is 8.67. The Balaban J connectivity index is 4.25. The van der Waals surface area contributed by atoms with Gasteiger partial charge in [-0.2, -0.15) is 0 Å². The van der Waals surface area contributed by atoms with Crippen molar-refractivity contribution in [2.45, 2.75) is 46.8 Å². The van der Waals surface area contributed by atoms with Crippen LogP contribution in [0.4, 0.5) is 0 Å². The van der Waals surface area contributed by atoms with Crippen LogP contribution < -0.4 is 0 Å². The third-order valence-electron chi connectivity index (χ3n) is 0.967. The predicted octanol–water partition coefficient (Wildman–Crippen LogP) is 3.81. The van der Waals surface area contributed by atoms with Crippen LogP contribution >= 0.6 is 17.1 Å². The van der Waals surface area contributed by atoms with Crippen molar-refractivity contribution >= 4 is 28.9 Å². The Labute approximate surface area is 90.7 Å². The van der Waals surface area contributed by atoms with E-state index in [-0.39, 0.29) is 12.2 Å². The van der Waals surface area contributed by atoms with Crippen molar-refractivity contribution in [3.63, 3.8) is 0 Å².